The number of halogens is 1. The summed E-state index contributed by atoms with van der Waals surface area (Å²) < 4.78 is 10.5. The molecule has 0 saturated carbocycles. The Labute approximate surface area is 132 Å². The standard InChI is InChI=1S/C15H15ClN2O4/c1-15(2,22-11-7-5-10(16)6-8-11)14(20)18-17-13(19)12-4-3-9-21-12/h3-9H,1-2H3,(H,17,19)(H,18,20). The van der Waals surface area contributed by atoms with Gasteiger partial charge in [-0.3, -0.25) is 20.4 Å². The molecule has 2 amide bonds. The first kappa shape index (κ1) is 15.9. The fourth-order valence-electron chi connectivity index (χ4n) is 1.58. The molecule has 2 rings (SSSR count). The minimum absolute atomic E-state index is 0.0942. The molecule has 7 heteroatoms. The fourth-order valence-corrected chi connectivity index (χ4v) is 1.70. The van der Waals surface area contributed by atoms with Crippen LogP contribution in [0.4, 0.5) is 0 Å². The SMILES string of the molecule is CC(C)(Oc1ccc(Cl)cc1)C(=O)NNC(=O)c1ccco1. The zero-order valence-corrected chi connectivity index (χ0v) is 12.8. The predicted molar refractivity (Wildman–Crippen MR) is 80.5 cm³/mol. The van der Waals surface area contributed by atoms with Crippen molar-refractivity contribution < 1.29 is 18.7 Å². The summed E-state index contributed by atoms with van der Waals surface area (Å²) in [5.74, 6) is -0.485. The predicted octanol–water partition coefficient (Wildman–Crippen LogP) is 2.55. The summed E-state index contributed by atoms with van der Waals surface area (Å²) in [6.45, 7) is 3.16. The third-order valence-corrected chi connectivity index (χ3v) is 3.02. The van der Waals surface area contributed by atoms with E-state index in [2.05, 4.69) is 10.9 Å². The Morgan fingerprint density at radius 2 is 1.82 bits per heavy atom. The second-order valence-corrected chi connectivity index (χ2v) is 5.39. The molecule has 0 saturated heterocycles. The topological polar surface area (TPSA) is 80.6 Å². The van der Waals surface area contributed by atoms with Crippen LogP contribution >= 0.6 is 11.6 Å². The van der Waals surface area contributed by atoms with Crippen molar-refractivity contribution in [1.29, 1.82) is 0 Å². The van der Waals surface area contributed by atoms with Crippen LogP contribution in [0.5, 0.6) is 5.75 Å². The van der Waals surface area contributed by atoms with Crippen LogP contribution in [0.1, 0.15) is 24.4 Å². The molecule has 0 spiro atoms. The van der Waals surface area contributed by atoms with Gasteiger partial charge in [0.25, 0.3) is 5.91 Å². The Hall–Kier alpha value is -2.47. The van der Waals surface area contributed by atoms with Gasteiger partial charge in [0.05, 0.1) is 6.26 Å². The average Bonchev–Trinajstić information content (AvgIpc) is 3.01. The molecule has 22 heavy (non-hydrogen) atoms. The van der Waals surface area contributed by atoms with Gasteiger partial charge in [0.2, 0.25) is 0 Å². The van der Waals surface area contributed by atoms with Gasteiger partial charge in [-0.15, -0.1) is 0 Å². The van der Waals surface area contributed by atoms with Gasteiger partial charge in [0, 0.05) is 5.02 Å². The molecule has 1 aromatic carbocycles. The van der Waals surface area contributed by atoms with Gasteiger partial charge in [-0.05, 0) is 50.2 Å². The normalized spacial score (nSPS) is 10.9. The van der Waals surface area contributed by atoms with Gasteiger partial charge in [0.1, 0.15) is 5.75 Å². The third kappa shape index (κ3) is 4.02. The number of carbonyl (C=O) groups is 2. The van der Waals surface area contributed by atoms with Gasteiger partial charge in [0.15, 0.2) is 11.4 Å². The summed E-state index contributed by atoms with van der Waals surface area (Å²) in [6.07, 6.45) is 1.37. The van der Waals surface area contributed by atoms with Crippen LogP contribution in [0, 0.1) is 0 Å². The van der Waals surface area contributed by atoms with E-state index in [-0.39, 0.29) is 5.76 Å². The van der Waals surface area contributed by atoms with Crippen molar-refractivity contribution in [2.24, 2.45) is 0 Å². The summed E-state index contributed by atoms with van der Waals surface area (Å²) in [7, 11) is 0. The molecule has 0 fully saturated rings. The van der Waals surface area contributed by atoms with Gasteiger partial charge >= 0.3 is 5.91 Å². The van der Waals surface area contributed by atoms with E-state index in [0.29, 0.717) is 10.8 Å². The lowest BCUT2D eigenvalue weighted by Gasteiger charge is -2.25. The number of carbonyl (C=O) groups excluding carboxylic acids is 2. The summed E-state index contributed by atoms with van der Waals surface area (Å²) in [6, 6.07) is 9.67. The molecule has 0 aliphatic rings. The number of furan rings is 1. The minimum Gasteiger partial charge on any atom is -0.478 e. The van der Waals surface area contributed by atoms with Crippen LogP contribution in [-0.2, 0) is 4.79 Å². The molecule has 0 atom stereocenters. The Morgan fingerprint density at radius 1 is 1.14 bits per heavy atom. The van der Waals surface area contributed by atoms with Crippen LogP contribution in [0.25, 0.3) is 0 Å². The molecule has 116 valence electrons. The van der Waals surface area contributed by atoms with E-state index in [9.17, 15) is 9.59 Å². The number of rotatable bonds is 4. The van der Waals surface area contributed by atoms with E-state index >= 15 is 0 Å². The summed E-state index contributed by atoms with van der Waals surface area (Å²) >= 11 is 5.79. The molecule has 0 bridgehead atoms. The smallest absolute Gasteiger partial charge is 0.305 e. The molecule has 0 aliphatic carbocycles. The number of hydrogen-bond acceptors (Lipinski definition) is 4. The van der Waals surface area contributed by atoms with Gasteiger partial charge < -0.3 is 9.15 Å². The van der Waals surface area contributed by atoms with Crippen LogP contribution in [-0.4, -0.2) is 17.4 Å². The quantitative estimate of drug-likeness (QED) is 0.848. The third-order valence-electron chi connectivity index (χ3n) is 2.77. The summed E-state index contributed by atoms with van der Waals surface area (Å²) in [4.78, 5) is 23.8. The summed E-state index contributed by atoms with van der Waals surface area (Å²) in [5.41, 5.74) is 3.36. The summed E-state index contributed by atoms with van der Waals surface area (Å²) in [5, 5.41) is 0.570. The van der Waals surface area contributed by atoms with E-state index in [0.717, 1.165) is 0 Å². The van der Waals surface area contributed by atoms with Crippen molar-refractivity contribution in [3.05, 3.63) is 53.4 Å². The van der Waals surface area contributed by atoms with Crippen molar-refractivity contribution in [3.8, 4) is 5.75 Å². The lowest BCUT2D eigenvalue weighted by atomic mass is 10.1. The molecular formula is C15H15ClN2O4. The molecule has 0 radical (unpaired) electrons. The maximum Gasteiger partial charge on any atom is 0.305 e. The van der Waals surface area contributed by atoms with E-state index < -0.39 is 17.4 Å². The molecule has 6 nitrogen and oxygen atoms in total. The number of ether oxygens (including phenoxy) is 1. The van der Waals surface area contributed by atoms with Gasteiger partial charge in [-0.25, -0.2) is 0 Å². The van der Waals surface area contributed by atoms with Crippen molar-refractivity contribution in [2.45, 2.75) is 19.4 Å². The molecule has 0 unspecified atom stereocenters. The zero-order chi connectivity index (χ0) is 16.2. The van der Waals surface area contributed by atoms with E-state index in [1.54, 1.807) is 44.2 Å². The van der Waals surface area contributed by atoms with E-state index in [4.69, 9.17) is 20.8 Å². The van der Waals surface area contributed by atoms with Crippen LogP contribution < -0.4 is 15.6 Å². The number of amides is 2. The van der Waals surface area contributed by atoms with Crippen LogP contribution in [0.15, 0.2) is 47.1 Å². The lowest BCUT2D eigenvalue weighted by Crippen LogP contribution is -2.53. The highest BCUT2D eigenvalue weighted by Gasteiger charge is 2.30. The van der Waals surface area contributed by atoms with Crippen LogP contribution in [0.3, 0.4) is 0 Å². The molecule has 1 aromatic heterocycles. The second-order valence-electron chi connectivity index (χ2n) is 4.95. The van der Waals surface area contributed by atoms with E-state index in [1.807, 2.05) is 0 Å². The number of hydrogen-bond donors (Lipinski definition) is 2. The van der Waals surface area contributed by atoms with Crippen molar-refractivity contribution >= 4 is 23.4 Å². The van der Waals surface area contributed by atoms with Crippen LogP contribution in [0.2, 0.25) is 5.02 Å². The van der Waals surface area contributed by atoms with E-state index in [1.165, 1.54) is 12.3 Å². The number of benzene rings is 1. The maximum atomic E-state index is 12.1. The maximum absolute atomic E-state index is 12.1. The average molecular weight is 323 g/mol. The van der Waals surface area contributed by atoms with Gasteiger partial charge in [-0.1, -0.05) is 11.6 Å². The highest BCUT2D eigenvalue weighted by atomic mass is 35.5. The number of nitrogens with one attached hydrogen (secondary N) is 2. The Bertz CT molecular complexity index is 651. The van der Waals surface area contributed by atoms with Crippen molar-refractivity contribution in [1.82, 2.24) is 10.9 Å². The molecule has 0 aliphatic heterocycles. The van der Waals surface area contributed by atoms with Gasteiger partial charge in [-0.2, -0.15) is 0 Å². The Kier molecular flexibility index (Phi) is 4.72. The number of hydrazine groups is 1. The molecule has 2 N–H and O–H groups in total. The molecule has 2 aromatic rings. The van der Waals surface area contributed by atoms with Crippen molar-refractivity contribution in [3.63, 3.8) is 0 Å². The minimum atomic E-state index is -1.19. The monoisotopic (exact) mass is 322 g/mol. The first-order chi connectivity index (χ1) is 10.4. The highest BCUT2D eigenvalue weighted by Crippen LogP contribution is 2.20. The first-order valence-electron chi connectivity index (χ1n) is 6.47. The highest BCUT2D eigenvalue weighted by molar-refractivity contribution is 6.30. The fraction of sp³-hybridized carbons (Fsp3) is 0.200. The molecular weight excluding hydrogens is 308 g/mol. The molecule has 1 heterocycles. The zero-order valence-electron chi connectivity index (χ0n) is 12.1. The largest absolute Gasteiger partial charge is 0.478 e. The second kappa shape index (κ2) is 6.53. The first-order valence-corrected chi connectivity index (χ1v) is 6.85. The van der Waals surface area contributed by atoms with Crippen molar-refractivity contribution in [2.75, 3.05) is 0 Å². The lowest BCUT2D eigenvalue weighted by molar-refractivity contribution is -0.135. The Morgan fingerprint density at radius 3 is 2.41 bits per heavy atom. The Balaban J connectivity index is 1.92.